The van der Waals surface area contributed by atoms with Crippen LogP contribution >= 0.6 is 0 Å². The molecule has 2 unspecified atom stereocenters. The first-order valence-corrected chi connectivity index (χ1v) is 9.75. The molecule has 27 heavy (non-hydrogen) atoms. The molecule has 0 radical (unpaired) electrons. The van der Waals surface area contributed by atoms with Gasteiger partial charge in [0.15, 0.2) is 0 Å². The minimum absolute atomic E-state index is 0.0757. The molecular formula is C24H33NO2. The lowest BCUT2D eigenvalue weighted by Gasteiger charge is -2.42. The van der Waals surface area contributed by atoms with Crippen LogP contribution in [0.15, 0.2) is 61.2 Å². The second-order valence-corrected chi connectivity index (χ2v) is 7.86. The van der Waals surface area contributed by atoms with Crippen molar-refractivity contribution in [1.29, 1.82) is 0 Å². The molecule has 0 aromatic heterocycles. The Balaban J connectivity index is 2.34. The van der Waals surface area contributed by atoms with E-state index in [1.807, 2.05) is 36.4 Å². The Hall–Kier alpha value is -1.94. The number of rotatable bonds is 9. The zero-order chi connectivity index (χ0) is 19.9. The second-order valence-electron chi connectivity index (χ2n) is 7.86. The van der Waals surface area contributed by atoms with Gasteiger partial charge in [0, 0.05) is 5.54 Å². The first-order chi connectivity index (χ1) is 12.9. The lowest BCUT2D eigenvalue weighted by atomic mass is 9.97. The number of benzene rings is 2. The first-order valence-electron chi connectivity index (χ1n) is 9.75. The van der Waals surface area contributed by atoms with Gasteiger partial charge in [-0.2, -0.15) is 5.06 Å². The molecular weight excluding hydrogens is 334 g/mol. The highest BCUT2D eigenvalue weighted by Gasteiger charge is 2.33. The molecule has 1 N–H and O–H groups in total. The van der Waals surface area contributed by atoms with E-state index in [0.717, 1.165) is 24.0 Å². The maximum atomic E-state index is 10.0. The smallest absolute Gasteiger partial charge is 0.127 e. The number of aliphatic hydroxyl groups is 1. The predicted molar refractivity (Wildman–Crippen MR) is 113 cm³/mol. The third kappa shape index (κ3) is 5.77. The molecule has 0 heterocycles. The van der Waals surface area contributed by atoms with Gasteiger partial charge in [-0.1, -0.05) is 80.6 Å². The van der Waals surface area contributed by atoms with E-state index >= 15 is 0 Å². The first kappa shape index (κ1) is 21.4. The van der Waals surface area contributed by atoms with Crippen molar-refractivity contribution in [3.05, 3.63) is 77.9 Å². The lowest BCUT2D eigenvalue weighted by molar-refractivity contribution is -0.276. The number of hydroxylamine groups is 2. The molecule has 0 aliphatic heterocycles. The summed E-state index contributed by atoms with van der Waals surface area (Å²) in [7, 11) is 0. The molecule has 2 rings (SSSR count). The van der Waals surface area contributed by atoms with Crippen molar-refractivity contribution in [3.8, 4) is 0 Å². The van der Waals surface area contributed by atoms with Crippen LogP contribution in [0.25, 0.3) is 6.08 Å². The second kappa shape index (κ2) is 9.84. The molecule has 0 aliphatic rings. The minimum atomic E-state index is -0.411. The third-order valence-corrected chi connectivity index (χ3v) is 4.64. The Morgan fingerprint density at radius 3 is 2.15 bits per heavy atom. The quantitative estimate of drug-likeness (QED) is 0.557. The highest BCUT2D eigenvalue weighted by molar-refractivity contribution is 5.47. The number of hydrogen-bond donors (Lipinski definition) is 1. The van der Waals surface area contributed by atoms with Crippen LogP contribution < -0.4 is 0 Å². The van der Waals surface area contributed by atoms with Gasteiger partial charge in [-0.15, -0.1) is 0 Å². The summed E-state index contributed by atoms with van der Waals surface area (Å²) in [6, 6.07) is 18.6. The largest absolute Gasteiger partial charge is 0.393 e. The van der Waals surface area contributed by atoms with E-state index < -0.39 is 6.10 Å². The molecule has 0 aliphatic carbocycles. The summed E-state index contributed by atoms with van der Waals surface area (Å²) in [4.78, 5) is 6.45. The van der Waals surface area contributed by atoms with Crippen LogP contribution in [0.4, 0.5) is 0 Å². The Morgan fingerprint density at radius 2 is 1.67 bits per heavy atom. The van der Waals surface area contributed by atoms with Gasteiger partial charge in [0.1, 0.15) is 6.10 Å². The molecule has 3 nitrogen and oxygen atoms in total. The fourth-order valence-corrected chi connectivity index (χ4v) is 3.25. The van der Waals surface area contributed by atoms with Crippen molar-refractivity contribution in [2.45, 2.75) is 58.2 Å². The van der Waals surface area contributed by atoms with E-state index in [2.05, 4.69) is 63.6 Å². The molecule has 2 aromatic rings. The molecule has 146 valence electrons. The normalized spacial score (nSPS) is 14.1. The summed E-state index contributed by atoms with van der Waals surface area (Å²) in [5.41, 5.74) is 3.02. The maximum Gasteiger partial charge on any atom is 0.127 e. The lowest BCUT2D eigenvalue weighted by Crippen LogP contribution is -2.45. The topological polar surface area (TPSA) is 32.7 Å². The van der Waals surface area contributed by atoms with Crippen molar-refractivity contribution in [2.24, 2.45) is 0 Å². The van der Waals surface area contributed by atoms with E-state index in [1.54, 1.807) is 0 Å². The van der Waals surface area contributed by atoms with Crippen molar-refractivity contribution < 1.29 is 9.94 Å². The van der Waals surface area contributed by atoms with E-state index in [4.69, 9.17) is 4.84 Å². The van der Waals surface area contributed by atoms with Crippen molar-refractivity contribution in [2.75, 3.05) is 6.61 Å². The van der Waals surface area contributed by atoms with Gasteiger partial charge in [-0.25, -0.2) is 0 Å². The fourth-order valence-electron chi connectivity index (χ4n) is 3.25. The Labute approximate surface area is 164 Å². The zero-order valence-corrected chi connectivity index (χ0v) is 17.1. The Bertz CT molecular complexity index is 689. The van der Waals surface area contributed by atoms with Crippen molar-refractivity contribution >= 4 is 6.08 Å². The van der Waals surface area contributed by atoms with Crippen LogP contribution in [-0.2, 0) is 4.84 Å². The summed E-state index contributed by atoms with van der Waals surface area (Å²) in [5.74, 6) is 0. The Morgan fingerprint density at radius 1 is 1.04 bits per heavy atom. The SMILES string of the molecule is C=Cc1ccc(C(CO)ON(C(CCC)c2ccccc2)C(C)(C)C)cc1. The number of nitrogens with zero attached hydrogens (tertiary/aromatic N) is 1. The van der Waals surface area contributed by atoms with Gasteiger partial charge in [0.25, 0.3) is 0 Å². The Kier molecular flexibility index (Phi) is 7.78. The van der Waals surface area contributed by atoms with Crippen LogP contribution in [-0.4, -0.2) is 22.3 Å². The standard InChI is InChI=1S/C24H33NO2/c1-6-11-22(20-12-9-8-10-13-20)25(24(3,4)5)27-23(18-26)21-16-14-19(7-2)15-17-21/h7-10,12-17,22-23,26H,2,6,11,18H2,1,3-5H3. The summed E-state index contributed by atoms with van der Waals surface area (Å²) in [6.07, 6.45) is 3.43. The van der Waals surface area contributed by atoms with Gasteiger partial charge in [-0.05, 0) is 43.9 Å². The van der Waals surface area contributed by atoms with Crippen LogP contribution in [0.3, 0.4) is 0 Å². The molecule has 0 spiro atoms. The predicted octanol–water partition coefficient (Wildman–Crippen LogP) is 5.94. The third-order valence-electron chi connectivity index (χ3n) is 4.64. The van der Waals surface area contributed by atoms with Crippen LogP contribution in [0.2, 0.25) is 0 Å². The monoisotopic (exact) mass is 367 g/mol. The maximum absolute atomic E-state index is 10.0. The molecule has 3 heteroatoms. The van der Waals surface area contributed by atoms with Gasteiger partial charge >= 0.3 is 0 Å². The average molecular weight is 368 g/mol. The average Bonchev–Trinajstić information content (AvgIpc) is 2.67. The summed E-state index contributed by atoms with van der Waals surface area (Å²) in [5, 5.41) is 12.1. The van der Waals surface area contributed by atoms with E-state index in [-0.39, 0.29) is 18.2 Å². The molecule has 0 amide bonds. The van der Waals surface area contributed by atoms with Crippen molar-refractivity contribution in [3.63, 3.8) is 0 Å². The minimum Gasteiger partial charge on any atom is -0.393 e. The van der Waals surface area contributed by atoms with Crippen molar-refractivity contribution in [1.82, 2.24) is 5.06 Å². The van der Waals surface area contributed by atoms with Gasteiger partial charge in [-0.3, -0.25) is 4.84 Å². The highest BCUT2D eigenvalue weighted by Crippen LogP contribution is 2.35. The number of hydrogen-bond acceptors (Lipinski definition) is 3. The summed E-state index contributed by atoms with van der Waals surface area (Å²) < 4.78 is 0. The van der Waals surface area contributed by atoms with E-state index in [1.165, 1.54) is 5.56 Å². The van der Waals surface area contributed by atoms with Crippen LogP contribution in [0.1, 0.15) is 69.4 Å². The molecule has 0 fully saturated rings. The number of aliphatic hydroxyl groups excluding tert-OH is 1. The molecule has 0 bridgehead atoms. The molecule has 0 saturated heterocycles. The van der Waals surface area contributed by atoms with E-state index in [9.17, 15) is 5.11 Å². The summed E-state index contributed by atoms with van der Waals surface area (Å²) in [6.45, 7) is 12.3. The molecule has 0 saturated carbocycles. The molecule has 2 aromatic carbocycles. The zero-order valence-electron chi connectivity index (χ0n) is 17.1. The van der Waals surface area contributed by atoms with Crippen LogP contribution in [0, 0.1) is 0 Å². The fraction of sp³-hybridized carbons (Fsp3) is 0.417. The van der Waals surface area contributed by atoms with E-state index in [0.29, 0.717) is 0 Å². The van der Waals surface area contributed by atoms with Gasteiger partial charge < -0.3 is 5.11 Å². The summed E-state index contributed by atoms with van der Waals surface area (Å²) >= 11 is 0. The highest BCUT2D eigenvalue weighted by atomic mass is 16.7. The molecule has 2 atom stereocenters. The van der Waals surface area contributed by atoms with Gasteiger partial charge in [0.2, 0.25) is 0 Å². The van der Waals surface area contributed by atoms with Gasteiger partial charge in [0.05, 0.1) is 12.6 Å². The van der Waals surface area contributed by atoms with Crippen LogP contribution in [0.5, 0.6) is 0 Å².